The van der Waals surface area contributed by atoms with Crippen LogP contribution in [0.2, 0.25) is 0 Å². The number of nitrogens with zero attached hydrogens (tertiary/aromatic N) is 4. The SMILES string of the molecule is O=[N+]([O-])c1ccc(-c2ncn(CC(O)COc3ccc(F)cc3)n2)cc1. The van der Waals surface area contributed by atoms with Crippen LogP contribution in [0.3, 0.4) is 0 Å². The molecule has 0 amide bonds. The maximum absolute atomic E-state index is 12.8. The highest BCUT2D eigenvalue weighted by molar-refractivity contribution is 5.56. The Morgan fingerprint density at radius 1 is 1.19 bits per heavy atom. The summed E-state index contributed by atoms with van der Waals surface area (Å²) in [5, 5.41) is 24.9. The maximum Gasteiger partial charge on any atom is 0.269 e. The van der Waals surface area contributed by atoms with E-state index < -0.39 is 11.0 Å². The van der Waals surface area contributed by atoms with Crippen molar-refractivity contribution in [3.05, 3.63) is 70.8 Å². The van der Waals surface area contributed by atoms with E-state index in [9.17, 15) is 19.6 Å². The molecule has 2 aromatic carbocycles. The van der Waals surface area contributed by atoms with Gasteiger partial charge < -0.3 is 9.84 Å². The quantitative estimate of drug-likeness (QED) is 0.514. The molecule has 0 aliphatic rings. The molecule has 1 unspecified atom stereocenters. The van der Waals surface area contributed by atoms with Crippen LogP contribution in [0.1, 0.15) is 0 Å². The molecular weight excluding hydrogens is 343 g/mol. The summed E-state index contributed by atoms with van der Waals surface area (Å²) >= 11 is 0. The summed E-state index contributed by atoms with van der Waals surface area (Å²) in [4.78, 5) is 14.3. The zero-order valence-corrected chi connectivity index (χ0v) is 13.5. The van der Waals surface area contributed by atoms with Crippen molar-refractivity contribution in [2.75, 3.05) is 6.61 Å². The smallest absolute Gasteiger partial charge is 0.269 e. The van der Waals surface area contributed by atoms with Gasteiger partial charge in [-0.15, -0.1) is 0 Å². The Hall–Kier alpha value is -3.33. The minimum atomic E-state index is -0.841. The van der Waals surface area contributed by atoms with Gasteiger partial charge in [-0.1, -0.05) is 0 Å². The molecule has 1 heterocycles. The third-order valence-corrected chi connectivity index (χ3v) is 3.53. The van der Waals surface area contributed by atoms with Crippen LogP contribution in [0, 0.1) is 15.9 Å². The van der Waals surface area contributed by atoms with Crippen LogP contribution in [0.15, 0.2) is 54.9 Å². The zero-order valence-electron chi connectivity index (χ0n) is 13.5. The van der Waals surface area contributed by atoms with E-state index in [1.54, 1.807) is 12.1 Å². The van der Waals surface area contributed by atoms with Crippen molar-refractivity contribution in [2.24, 2.45) is 0 Å². The van der Waals surface area contributed by atoms with Crippen LogP contribution in [-0.4, -0.2) is 37.5 Å². The van der Waals surface area contributed by atoms with Gasteiger partial charge in [0, 0.05) is 17.7 Å². The van der Waals surface area contributed by atoms with Gasteiger partial charge in [0.25, 0.3) is 5.69 Å². The first-order valence-electron chi connectivity index (χ1n) is 7.72. The van der Waals surface area contributed by atoms with E-state index in [-0.39, 0.29) is 24.7 Å². The molecule has 3 aromatic rings. The summed E-state index contributed by atoms with van der Waals surface area (Å²) in [6, 6.07) is 11.4. The first-order valence-corrected chi connectivity index (χ1v) is 7.72. The van der Waals surface area contributed by atoms with E-state index in [0.717, 1.165) is 0 Å². The average Bonchev–Trinajstić information content (AvgIpc) is 3.10. The lowest BCUT2D eigenvalue weighted by atomic mass is 10.2. The van der Waals surface area contributed by atoms with Crippen molar-refractivity contribution in [3.63, 3.8) is 0 Å². The van der Waals surface area contributed by atoms with E-state index in [4.69, 9.17) is 4.74 Å². The fourth-order valence-electron chi connectivity index (χ4n) is 2.24. The number of aliphatic hydroxyl groups is 1. The van der Waals surface area contributed by atoms with E-state index in [2.05, 4.69) is 10.1 Å². The Balaban J connectivity index is 1.57. The molecule has 0 saturated carbocycles. The molecule has 0 bridgehead atoms. The van der Waals surface area contributed by atoms with Crippen molar-refractivity contribution in [1.82, 2.24) is 14.8 Å². The largest absolute Gasteiger partial charge is 0.491 e. The lowest BCUT2D eigenvalue weighted by molar-refractivity contribution is -0.384. The number of rotatable bonds is 7. The van der Waals surface area contributed by atoms with Crippen LogP contribution >= 0.6 is 0 Å². The molecule has 9 heteroatoms. The normalized spacial score (nSPS) is 11.9. The highest BCUT2D eigenvalue weighted by atomic mass is 19.1. The van der Waals surface area contributed by atoms with Gasteiger partial charge in [0.2, 0.25) is 0 Å². The first kappa shape index (κ1) is 17.5. The van der Waals surface area contributed by atoms with Gasteiger partial charge in [0.1, 0.15) is 30.6 Å². The van der Waals surface area contributed by atoms with E-state index in [0.29, 0.717) is 17.1 Å². The van der Waals surface area contributed by atoms with Gasteiger partial charge in [-0.25, -0.2) is 14.1 Å². The number of hydrogen-bond acceptors (Lipinski definition) is 6. The molecule has 1 N–H and O–H groups in total. The molecule has 1 atom stereocenters. The highest BCUT2D eigenvalue weighted by Crippen LogP contribution is 2.19. The maximum atomic E-state index is 12.8. The van der Waals surface area contributed by atoms with Crippen LogP contribution < -0.4 is 4.74 Å². The van der Waals surface area contributed by atoms with Crippen LogP contribution in [0.4, 0.5) is 10.1 Å². The molecule has 1 aromatic heterocycles. The molecule has 26 heavy (non-hydrogen) atoms. The van der Waals surface area contributed by atoms with Crippen LogP contribution in [0.25, 0.3) is 11.4 Å². The molecule has 0 saturated heterocycles. The monoisotopic (exact) mass is 358 g/mol. The fourth-order valence-corrected chi connectivity index (χ4v) is 2.24. The summed E-state index contributed by atoms with van der Waals surface area (Å²) in [7, 11) is 0. The highest BCUT2D eigenvalue weighted by Gasteiger charge is 2.11. The lowest BCUT2D eigenvalue weighted by Gasteiger charge is -2.12. The van der Waals surface area contributed by atoms with E-state index >= 15 is 0 Å². The Morgan fingerprint density at radius 3 is 2.54 bits per heavy atom. The Kier molecular flexibility index (Phi) is 5.18. The molecule has 0 radical (unpaired) electrons. The number of hydrogen-bond donors (Lipinski definition) is 1. The molecule has 0 aliphatic carbocycles. The summed E-state index contributed by atoms with van der Waals surface area (Å²) in [5.41, 5.74) is 0.618. The number of ether oxygens (including phenoxy) is 1. The minimum Gasteiger partial charge on any atom is -0.491 e. The third kappa shape index (κ3) is 4.39. The van der Waals surface area contributed by atoms with E-state index in [1.807, 2.05) is 0 Å². The number of aromatic nitrogens is 3. The Labute approximate surface area is 147 Å². The number of aliphatic hydroxyl groups excluding tert-OH is 1. The summed E-state index contributed by atoms with van der Waals surface area (Å²) < 4.78 is 19.7. The Bertz CT molecular complexity index is 881. The molecule has 0 fully saturated rings. The molecule has 8 nitrogen and oxygen atoms in total. The second-order valence-corrected chi connectivity index (χ2v) is 5.51. The molecule has 134 valence electrons. The average molecular weight is 358 g/mol. The predicted octanol–water partition coefficient (Wildman–Crippen LogP) is 2.43. The van der Waals surface area contributed by atoms with Crippen molar-refractivity contribution >= 4 is 5.69 Å². The molecule has 0 aliphatic heterocycles. The second-order valence-electron chi connectivity index (χ2n) is 5.51. The van der Waals surface area contributed by atoms with Gasteiger partial charge >= 0.3 is 0 Å². The van der Waals surface area contributed by atoms with Crippen LogP contribution in [0.5, 0.6) is 5.75 Å². The molecular formula is C17H15FN4O4. The van der Waals surface area contributed by atoms with Crippen LogP contribution in [-0.2, 0) is 6.54 Å². The summed E-state index contributed by atoms with van der Waals surface area (Å²) in [6.07, 6.45) is 0.615. The topological polar surface area (TPSA) is 103 Å². The van der Waals surface area contributed by atoms with Crippen molar-refractivity contribution in [3.8, 4) is 17.1 Å². The summed E-state index contributed by atoms with van der Waals surface area (Å²) in [5.74, 6) is 0.487. The number of nitro groups is 1. The van der Waals surface area contributed by atoms with Gasteiger partial charge in [-0.2, -0.15) is 5.10 Å². The van der Waals surface area contributed by atoms with E-state index in [1.165, 1.54) is 47.4 Å². The summed E-state index contributed by atoms with van der Waals surface area (Å²) in [6.45, 7) is 0.166. The number of nitro benzene ring substituents is 1. The minimum absolute atomic E-state index is 0.0123. The van der Waals surface area contributed by atoms with Gasteiger partial charge in [-0.05, 0) is 36.4 Å². The van der Waals surface area contributed by atoms with Gasteiger partial charge in [0.15, 0.2) is 5.82 Å². The van der Waals surface area contributed by atoms with Crippen molar-refractivity contribution < 1.29 is 19.2 Å². The lowest BCUT2D eigenvalue weighted by Crippen LogP contribution is -2.23. The predicted molar refractivity (Wildman–Crippen MR) is 90.0 cm³/mol. The standard InChI is InChI=1S/C17H15FN4O4/c18-13-3-7-16(8-4-13)26-10-15(23)9-21-11-19-17(20-21)12-1-5-14(6-2-12)22(24)25/h1-8,11,15,23H,9-10H2. The zero-order chi connectivity index (χ0) is 18.5. The second kappa shape index (κ2) is 7.70. The van der Waals surface area contributed by atoms with Gasteiger partial charge in [0.05, 0.1) is 11.5 Å². The number of halogens is 1. The molecule has 0 spiro atoms. The van der Waals surface area contributed by atoms with Crippen molar-refractivity contribution in [1.29, 1.82) is 0 Å². The number of non-ortho nitro benzene ring substituents is 1. The van der Waals surface area contributed by atoms with Crippen molar-refractivity contribution in [2.45, 2.75) is 12.6 Å². The number of benzene rings is 2. The van der Waals surface area contributed by atoms with Gasteiger partial charge in [-0.3, -0.25) is 10.1 Å². The third-order valence-electron chi connectivity index (χ3n) is 3.53. The first-order chi connectivity index (χ1) is 12.5. The fraction of sp³-hybridized carbons (Fsp3) is 0.176. The Morgan fingerprint density at radius 2 is 1.88 bits per heavy atom. The molecule has 3 rings (SSSR count).